The van der Waals surface area contributed by atoms with Gasteiger partial charge in [-0.05, 0) is 49.2 Å². The van der Waals surface area contributed by atoms with Crippen LogP contribution in [0.15, 0.2) is 59.8 Å². The van der Waals surface area contributed by atoms with E-state index in [2.05, 4.69) is 23.2 Å². The highest BCUT2D eigenvalue weighted by Crippen LogP contribution is 2.26. The zero-order valence-electron chi connectivity index (χ0n) is 16.5. The number of nitrogens with zero attached hydrogens (tertiary/aromatic N) is 4. The lowest BCUT2D eigenvalue weighted by Gasteiger charge is -2.25. The average Bonchev–Trinajstić information content (AvgIpc) is 3.14. The lowest BCUT2D eigenvalue weighted by molar-refractivity contribution is -0.128. The van der Waals surface area contributed by atoms with Gasteiger partial charge in [-0.3, -0.25) is 9.20 Å². The molecule has 1 atom stereocenters. The Balaban J connectivity index is 1.54. The lowest BCUT2D eigenvalue weighted by Crippen LogP contribution is -2.31. The van der Waals surface area contributed by atoms with Crippen LogP contribution in [0.25, 0.3) is 16.6 Å². The van der Waals surface area contributed by atoms with Crippen molar-refractivity contribution in [3.63, 3.8) is 0 Å². The van der Waals surface area contributed by atoms with Gasteiger partial charge in [-0.1, -0.05) is 42.1 Å². The van der Waals surface area contributed by atoms with Crippen molar-refractivity contribution in [3.8, 4) is 0 Å². The number of hydrogen-bond acceptors (Lipinski definition) is 4. The summed E-state index contributed by atoms with van der Waals surface area (Å²) in [6.07, 6.45) is 0. The van der Waals surface area contributed by atoms with E-state index in [0.717, 1.165) is 27.7 Å². The van der Waals surface area contributed by atoms with Gasteiger partial charge in [-0.25, -0.2) is 4.39 Å². The van der Waals surface area contributed by atoms with Crippen LogP contribution in [0, 0.1) is 12.7 Å². The summed E-state index contributed by atoms with van der Waals surface area (Å²) < 4.78 is 15.1. The molecular formula is C22H21FN4OS. The molecule has 0 spiro atoms. The van der Waals surface area contributed by atoms with Crippen molar-refractivity contribution in [1.29, 1.82) is 0 Å². The first-order chi connectivity index (χ1) is 14.0. The van der Waals surface area contributed by atoms with Gasteiger partial charge in [0.15, 0.2) is 10.8 Å². The number of benzene rings is 2. The molecule has 29 heavy (non-hydrogen) atoms. The molecule has 2 heterocycles. The minimum absolute atomic E-state index is 0.0278. The number of hydrogen-bond donors (Lipinski definition) is 0. The Morgan fingerprint density at radius 2 is 1.90 bits per heavy atom. The maximum atomic E-state index is 13.2. The highest BCUT2D eigenvalue weighted by atomic mass is 32.2. The van der Waals surface area contributed by atoms with Gasteiger partial charge < -0.3 is 4.90 Å². The van der Waals surface area contributed by atoms with E-state index >= 15 is 0 Å². The molecule has 7 heteroatoms. The third-order valence-electron chi connectivity index (χ3n) is 5.23. The third-order valence-corrected chi connectivity index (χ3v) is 6.14. The first-order valence-electron chi connectivity index (χ1n) is 9.33. The van der Waals surface area contributed by atoms with E-state index in [1.54, 1.807) is 24.1 Å². The minimum atomic E-state index is -0.286. The monoisotopic (exact) mass is 408 g/mol. The minimum Gasteiger partial charge on any atom is -0.338 e. The molecular weight excluding hydrogens is 387 g/mol. The van der Waals surface area contributed by atoms with E-state index in [0.29, 0.717) is 5.16 Å². The van der Waals surface area contributed by atoms with Crippen molar-refractivity contribution < 1.29 is 9.18 Å². The van der Waals surface area contributed by atoms with Gasteiger partial charge in [-0.15, -0.1) is 10.2 Å². The molecule has 4 aromatic rings. The van der Waals surface area contributed by atoms with E-state index in [1.807, 2.05) is 35.6 Å². The first-order valence-corrected chi connectivity index (χ1v) is 10.3. The standard InChI is InChI=1S/C22H21FN4OS/c1-14-12-20-24-25-22(27(20)19-7-5-4-6-18(14)19)29-13-21(28)26(3)15(2)16-8-10-17(23)11-9-16/h4-12,15H,13H2,1-3H3. The Labute approximate surface area is 172 Å². The fraction of sp³-hybridized carbons (Fsp3) is 0.227. The maximum absolute atomic E-state index is 13.2. The topological polar surface area (TPSA) is 50.5 Å². The normalized spacial score (nSPS) is 12.4. The number of aromatic nitrogens is 3. The van der Waals surface area contributed by atoms with Crippen LogP contribution in [-0.2, 0) is 4.79 Å². The van der Waals surface area contributed by atoms with Gasteiger partial charge in [-0.2, -0.15) is 0 Å². The van der Waals surface area contributed by atoms with Crippen LogP contribution in [0.2, 0.25) is 0 Å². The van der Waals surface area contributed by atoms with E-state index in [4.69, 9.17) is 0 Å². The predicted molar refractivity (Wildman–Crippen MR) is 114 cm³/mol. The lowest BCUT2D eigenvalue weighted by atomic mass is 10.1. The van der Waals surface area contributed by atoms with Crippen molar-refractivity contribution in [1.82, 2.24) is 19.5 Å². The Bertz CT molecular complexity index is 1190. The van der Waals surface area contributed by atoms with Gasteiger partial charge >= 0.3 is 0 Å². The number of rotatable bonds is 5. The number of pyridine rings is 1. The highest BCUT2D eigenvalue weighted by molar-refractivity contribution is 7.99. The molecule has 148 valence electrons. The SMILES string of the molecule is Cc1cc2nnc(SCC(=O)N(C)C(C)c3ccc(F)cc3)n2c2ccccc12. The number of para-hydroxylation sites is 1. The van der Waals surface area contributed by atoms with Crippen LogP contribution in [0.3, 0.4) is 0 Å². The summed E-state index contributed by atoms with van der Waals surface area (Å²) in [5.41, 5.74) is 3.82. The molecule has 0 aliphatic rings. The quantitative estimate of drug-likeness (QED) is 0.452. The largest absolute Gasteiger partial charge is 0.338 e. The van der Waals surface area contributed by atoms with Crippen LogP contribution in [0.1, 0.15) is 24.1 Å². The Kier molecular flexibility index (Phi) is 5.24. The molecule has 0 aliphatic carbocycles. The van der Waals surface area contributed by atoms with Crippen LogP contribution in [0.5, 0.6) is 0 Å². The second-order valence-electron chi connectivity index (χ2n) is 7.04. The van der Waals surface area contributed by atoms with Gasteiger partial charge in [0.25, 0.3) is 0 Å². The van der Waals surface area contributed by atoms with E-state index in [1.165, 1.54) is 23.9 Å². The Morgan fingerprint density at radius 1 is 1.17 bits per heavy atom. The zero-order chi connectivity index (χ0) is 20.5. The van der Waals surface area contributed by atoms with Gasteiger partial charge in [0.05, 0.1) is 17.3 Å². The predicted octanol–water partition coefficient (Wildman–Crippen LogP) is 4.64. The summed E-state index contributed by atoms with van der Waals surface area (Å²) in [5.74, 6) is -0.0722. The summed E-state index contributed by atoms with van der Waals surface area (Å²) in [4.78, 5) is 14.4. The molecule has 1 unspecified atom stereocenters. The number of aryl methyl sites for hydroxylation is 1. The zero-order valence-corrected chi connectivity index (χ0v) is 17.3. The molecule has 0 bridgehead atoms. The van der Waals surface area contributed by atoms with Gasteiger partial charge in [0.1, 0.15) is 5.82 Å². The second kappa shape index (κ2) is 7.83. The summed E-state index contributed by atoms with van der Waals surface area (Å²) in [7, 11) is 1.76. The molecule has 4 rings (SSSR count). The number of fused-ring (bicyclic) bond motifs is 3. The van der Waals surface area contributed by atoms with Crippen molar-refractivity contribution >= 4 is 34.2 Å². The van der Waals surface area contributed by atoms with Crippen LogP contribution >= 0.6 is 11.8 Å². The average molecular weight is 409 g/mol. The van der Waals surface area contributed by atoms with E-state index < -0.39 is 0 Å². The third kappa shape index (κ3) is 3.70. The molecule has 2 aromatic carbocycles. The maximum Gasteiger partial charge on any atom is 0.233 e. The fourth-order valence-electron chi connectivity index (χ4n) is 3.38. The molecule has 0 N–H and O–H groups in total. The van der Waals surface area contributed by atoms with Crippen LogP contribution < -0.4 is 0 Å². The highest BCUT2D eigenvalue weighted by Gasteiger charge is 2.19. The van der Waals surface area contributed by atoms with Crippen LogP contribution in [0.4, 0.5) is 4.39 Å². The Hall–Kier alpha value is -2.93. The number of amides is 1. The number of thioether (sulfide) groups is 1. The van der Waals surface area contributed by atoms with Crippen molar-refractivity contribution in [2.75, 3.05) is 12.8 Å². The number of carbonyl (C=O) groups excluding carboxylic acids is 1. The van der Waals surface area contributed by atoms with Crippen molar-refractivity contribution in [2.45, 2.75) is 25.0 Å². The van der Waals surface area contributed by atoms with Gasteiger partial charge in [0, 0.05) is 12.4 Å². The van der Waals surface area contributed by atoms with E-state index in [9.17, 15) is 9.18 Å². The molecule has 5 nitrogen and oxygen atoms in total. The number of halogens is 1. The summed E-state index contributed by atoms with van der Waals surface area (Å²) >= 11 is 1.37. The molecule has 0 saturated heterocycles. The second-order valence-corrected chi connectivity index (χ2v) is 7.98. The van der Waals surface area contributed by atoms with Crippen LogP contribution in [-0.4, -0.2) is 38.2 Å². The smallest absolute Gasteiger partial charge is 0.233 e. The fourth-order valence-corrected chi connectivity index (χ4v) is 4.25. The molecule has 0 aliphatic heterocycles. The number of carbonyl (C=O) groups is 1. The molecule has 0 radical (unpaired) electrons. The Morgan fingerprint density at radius 3 is 2.66 bits per heavy atom. The van der Waals surface area contributed by atoms with E-state index in [-0.39, 0.29) is 23.5 Å². The molecule has 2 aromatic heterocycles. The summed E-state index contributed by atoms with van der Waals surface area (Å²) in [6, 6.07) is 16.2. The molecule has 0 saturated carbocycles. The van der Waals surface area contributed by atoms with Crippen molar-refractivity contribution in [3.05, 3.63) is 71.5 Å². The molecule has 0 fully saturated rings. The van der Waals surface area contributed by atoms with Crippen molar-refractivity contribution in [2.24, 2.45) is 0 Å². The molecule has 1 amide bonds. The van der Waals surface area contributed by atoms with Gasteiger partial charge in [0.2, 0.25) is 5.91 Å². The first kappa shape index (κ1) is 19.4. The summed E-state index contributed by atoms with van der Waals surface area (Å²) in [6.45, 7) is 3.98. The summed E-state index contributed by atoms with van der Waals surface area (Å²) in [5, 5.41) is 10.4.